The number of terminal acetylenes is 1. The third-order valence-electron chi connectivity index (χ3n) is 1.55. The van der Waals surface area contributed by atoms with Crippen molar-refractivity contribution < 1.29 is 14.7 Å². The summed E-state index contributed by atoms with van der Waals surface area (Å²) >= 11 is 0. The lowest BCUT2D eigenvalue weighted by atomic mass is 10.5. The van der Waals surface area contributed by atoms with Crippen LogP contribution in [0, 0.1) is 12.3 Å². The Hall–Kier alpha value is -2.29. The molecular weight excluding hydrogens is 198 g/mol. The number of hydrogen-bond donors (Lipinski definition) is 2. The van der Waals surface area contributed by atoms with Gasteiger partial charge in [-0.2, -0.15) is 5.10 Å². The fourth-order valence-corrected chi connectivity index (χ4v) is 0.916. The Balaban J connectivity index is 2.54. The highest BCUT2D eigenvalue weighted by atomic mass is 16.4. The van der Waals surface area contributed by atoms with E-state index in [1.165, 1.54) is 16.9 Å². The van der Waals surface area contributed by atoms with Crippen LogP contribution in [0.15, 0.2) is 12.3 Å². The van der Waals surface area contributed by atoms with E-state index >= 15 is 0 Å². The first-order valence-electron chi connectivity index (χ1n) is 4.10. The highest BCUT2D eigenvalue weighted by Gasteiger charge is 2.08. The smallest absolute Gasteiger partial charge is 0.356 e. The Bertz CT molecular complexity index is 416. The molecule has 1 aromatic heterocycles. The van der Waals surface area contributed by atoms with Gasteiger partial charge in [-0.15, -0.1) is 6.42 Å². The quantitative estimate of drug-likeness (QED) is 0.641. The van der Waals surface area contributed by atoms with E-state index in [2.05, 4.69) is 16.3 Å². The molecule has 0 aliphatic carbocycles. The number of carbonyl (C=O) groups excluding carboxylic acids is 1. The molecule has 0 radical (unpaired) electrons. The Morgan fingerprint density at radius 3 is 2.93 bits per heavy atom. The van der Waals surface area contributed by atoms with Gasteiger partial charge in [0.05, 0.1) is 6.54 Å². The Labute approximate surface area is 85.9 Å². The lowest BCUT2D eigenvalue weighted by Gasteiger charge is -2.00. The molecule has 15 heavy (non-hydrogen) atoms. The first-order valence-corrected chi connectivity index (χ1v) is 4.10. The minimum absolute atomic E-state index is 0.0467. The molecule has 1 heterocycles. The molecule has 0 bridgehead atoms. The third kappa shape index (κ3) is 3.15. The highest BCUT2D eigenvalue weighted by Crippen LogP contribution is 1.94. The van der Waals surface area contributed by atoms with Crippen LogP contribution >= 0.6 is 0 Å². The topological polar surface area (TPSA) is 84.2 Å². The van der Waals surface area contributed by atoms with Crippen LogP contribution in [0.4, 0.5) is 0 Å². The van der Waals surface area contributed by atoms with Crippen LogP contribution < -0.4 is 5.32 Å². The Morgan fingerprint density at radius 1 is 1.67 bits per heavy atom. The van der Waals surface area contributed by atoms with Gasteiger partial charge >= 0.3 is 5.97 Å². The van der Waals surface area contributed by atoms with Crippen LogP contribution in [-0.2, 0) is 11.3 Å². The molecule has 0 saturated carbocycles. The number of aromatic nitrogens is 2. The van der Waals surface area contributed by atoms with Crippen LogP contribution in [0.25, 0.3) is 0 Å². The van der Waals surface area contributed by atoms with Gasteiger partial charge in [-0.3, -0.25) is 9.48 Å². The largest absolute Gasteiger partial charge is 0.476 e. The zero-order chi connectivity index (χ0) is 11.3. The number of hydrogen-bond acceptors (Lipinski definition) is 3. The van der Waals surface area contributed by atoms with Crippen molar-refractivity contribution in [2.45, 2.75) is 6.54 Å². The second-order valence-electron chi connectivity index (χ2n) is 2.68. The van der Waals surface area contributed by atoms with E-state index in [9.17, 15) is 9.59 Å². The molecule has 0 aliphatic rings. The van der Waals surface area contributed by atoms with E-state index < -0.39 is 5.97 Å². The van der Waals surface area contributed by atoms with Crippen LogP contribution in [0.1, 0.15) is 10.5 Å². The molecular formula is C9H9N3O3. The molecule has 0 saturated heterocycles. The van der Waals surface area contributed by atoms with Crippen molar-refractivity contribution in [3.63, 3.8) is 0 Å². The van der Waals surface area contributed by atoms with Crippen molar-refractivity contribution in [2.75, 3.05) is 6.54 Å². The molecule has 0 aromatic carbocycles. The number of carboxylic acid groups (broad SMARTS) is 1. The van der Waals surface area contributed by atoms with Crippen LogP contribution in [0.3, 0.4) is 0 Å². The summed E-state index contributed by atoms with van der Waals surface area (Å²) in [6.07, 6.45) is 6.36. The summed E-state index contributed by atoms with van der Waals surface area (Å²) in [4.78, 5) is 21.6. The Morgan fingerprint density at radius 2 is 2.40 bits per heavy atom. The van der Waals surface area contributed by atoms with Crippen molar-refractivity contribution in [1.29, 1.82) is 0 Å². The molecule has 78 valence electrons. The second kappa shape index (κ2) is 4.81. The number of nitrogens with one attached hydrogen (secondary N) is 1. The molecule has 0 fully saturated rings. The van der Waals surface area contributed by atoms with E-state index in [0.29, 0.717) is 0 Å². The van der Waals surface area contributed by atoms with E-state index in [1.54, 1.807) is 0 Å². The van der Waals surface area contributed by atoms with Gasteiger partial charge in [0.1, 0.15) is 6.54 Å². The summed E-state index contributed by atoms with van der Waals surface area (Å²) < 4.78 is 1.23. The van der Waals surface area contributed by atoms with E-state index in [-0.39, 0.29) is 24.7 Å². The minimum Gasteiger partial charge on any atom is -0.476 e. The van der Waals surface area contributed by atoms with Crippen LogP contribution in [0.2, 0.25) is 0 Å². The predicted molar refractivity (Wildman–Crippen MR) is 51.0 cm³/mol. The van der Waals surface area contributed by atoms with Gasteiger partial charge in [-0.25, -0.2) is 4.79 Å². The zero-order valence-electron chi connectivity index (χ0n) is 7.80. The predicted octanol–water partition coefficient (Wildman–Crippen LogP) is -0.669. The Kier molecular flexibility index (Phi) is 3.46. The number of carboxylic acids is 1. The summed E-state index contributed by atoms with van der Waals surface area (Å²) in [5.74, 6) is 0.813. The number of carbonyl (C=O) groups is 2. The number of amides is 1. The van der Waals surface area contributed by atoms with Gasteiger partial charge in [-0.1, -0.05) is 5.92 Å². The average molecular weight is 207 g/mol. The fourth-order valence-electron chi connectivity index (χ4n) is 0.916. The maximum absolute atomic E-state index is 11.1. The van der Waals surface area contributed by atoms with Crippen molar-refractivity contribution in [3.8, 4) is 12.3 Å². The monoisotopic (exact) mass is 207 g/mol. The maximum Gasteiger partial charge on any atom is 0.356 e. The van der Waals surface area contributed by atoms with E-state index in [1.807, 2.05) is 0 Å². The molecule has 6 heteroatoms. The SMILES string of the molecule is C#CCNC(=O)Cn1ccc(C(=O)O)n1. The maximum atomic E-state index is 11.1. The van der Waals surface area contributed by atoms with Gasteiger partial charge in [-0.05, 0) is 6.07 Å². The van der Waals surface area contributed by atoms with Gasteiger partial charge < -0.3 is 10.4 Å². The molecule has 0 spiro atoms. The summed E-state index contributed by atoms with van der Waals surface area (Å²) in [7, 11) is 0. The number of aromatic carboxylic acids is 1. The summed E-state index contributed by atoms with van der Waals surface area (Å²) in [5.41, 5.74) is -0.0975. The first kappa shape index (κ1) is 10.8. The number of rotatable bonds is 4. The fraction of sp³-hybridized carbons (Fsp3) is 0.222. The second-order valence-corrected chi connectivity index (χ2v) is 2.68. The standard InChI is InChI=1S/C9H9N3O3/c1-2-4-10-8(13)6-12-5-3-7(11-12)9(14)15/h1,3,5H,4,6H2,(H,10,13)(H,14,15). The lowest BCUT2D eigenvalue weighted by molar-refractivity contribution is -0.121. The van der Waals surface area contributed by atoms with Gasteiger partial charge in [0.2, 0.25) is 5.91 Å². The molecule has 2 N–H and O–H groups in total. The van der Waals surface area contributed by atoms with Crippen LogP contribution in [-0.4, -0.2) is 33.3 Å². The molecule has 1 aromatic rings. The third-order valence-corrected chi connectivity index (χ3v) is 1.55. The molecule has 0 aliphatic heterocycles. The van der Waals surface area contributed by atoms with Crippen LogP contribution in [0.5, 0.6) is 0 Å². The summed E-state index contributed by atoms with van der Waals surface area (Å²) in [6.45, 7) is 0.0981. The van der Waals surface area contributed by atoms with E-state index in [0.717, 1.165) is 0 Å². The minimum atomic E-state index is -1.13. The van der Waals surface area contributed by atoms with Crippen molar-refractivity contribution in [3.05, 3.63) is 18.0 Å². The van der Waals surface area contributed by atoms with Crippen molar-refractivity contribution >= 4 is 11.9 Å². The molecule has 0 unspecified atom stereocenters. The zero-order valence-corrected chi connectivity index (χ0v) is 7.80. The number of nitrogens with zero attached hydrogens (tertiary/aromatic N) is 2. The normalized spacial score (nSPS) is 9.27. The molecule has 1 rings (SSSR count). The first-order chi connectivity index (χ1) is 7.13. The van der Waals surface area contributed by atoms with Gasteiger partial charge in [0.15, 0.2) is 5.69 Å². The summed E-state index contributed by atoms with van der Waals surface area (Å²) in [5, 5.41) is 14.7. The van der Waals surface area contributed by atoms with Crippen molar-refractivity contribution in [2.24, 2.45) is 0 Å². The molecule has 6 nitrogen and oxygen atoms in total. The lowest BCUT2D eigenvalue weighted by Crippen LogP contribution is -2.28. The van der Waals surface area contributed by atoms with Crippen molar-refractivity contribution in [1.82, 2.24) is 15.1 Å². The van der Waals surface area contributed by atoms with Gasteiger partial charge in [0.25, 0.3) is 0 Å². The van der Waals surface area contributed by atoms with Gasteiger partial charge in [0, 0.05) is 6.20 Å². The average Bonchev–Trinajstić information content (AvgIpc) is 2.63. The molecule has 0 atom stereocenters. The van der Waals surface area contributed by atoms with E-state index in [4.69, 9.17) is 11.5 Å². The molecule has 1 amide bonds. The summed E-state index contributed by atoms with van der Waals surface area (Å²) in [6, 6.07) is 1.32. The highest BCUT2D eigenvalue weighted by molar-refractivity contribution is 5.85.